The van der Waals surface area contributed by atoms with Crippen molar-refractivity contribution in [2.45, 2.75) is 13.0 Å². The summed E-state index contributed by atoms with van der Waals surface area (Å²) >= 11 is 0. The zero-order valence-corrected chi connectivity index (χ0v) is 11.5. The van der Waals surface area contributed by atoms with Gasteiger partial charge in [0.15, 0.2) is 0 Å². The highest BCUT2D eigenvalue weighted by molar-refractivity contribution is 5.85. The van der Waals surface area contributed by atoms with E-state index in [1.807, 2.05) is 43.3 Å². The van der Waals surface area contributed by atoms with Crippen molar-refractivity contribution < 1.29 is 9.53 Å². The lowest BCUT2D eigenvalue weighted by atomic mass is 10.2. The van der Waals surface area contributed by atoms with E-state index < -0.39 is 6.09 Å². The van der Waals surface area contributed by atoms with E-state index in [0.29, 0.717) is 5.69 Å². The lowest BCUT2D eigenvalue weighted by Crippen LogP contribution is -2.12. The molecule has 104 valence electrons. The average Bonchev–Trinajstić information content (AvgIpc) is 2.48. The van der Waals surface area contributed by atoms with Crippen LogP contribution in [0.4, 0.5) is 16.2 Å². The maximum absolute atomic E-state index is 11.2. The first-order valence-corrected chi connectivity index (χ1v) is 6.31. The van der Waals surface area contributed by atoms with Crippen molar-refractivity contribution in [3.8, 4) is 0 Å². The van der Waals surface area contributed by atoms with Gasteiger partial charge in [-0.3, -0.25) is 10.3 Å². The van der Waals surface area contributed by atoms with Crippen molar-refractivity contribution in [2.24, 2.45) is 0 Å². The normalized spacial score (nSPS) is 11.5. The predicted molar refractivity (Wildman–Crippen MR) is 78.7 cm³/mol. The SMILES string of the molecule is COC(=O)Nc1cccc(NC(C)c2ccccn2)c1. The minimum atomic E-state index is -0.486. The molecular formula is C15H17N3O2. The van der Waals surface area contributed by atoms with Crippen molar-refractivity contribution in [2.75, 3.05) is 17.7 Å². The molecule has 0 fully saturated rings. The van der Waals surface area contributed by atoms with Crippen molar-refractivity contribution >= 4 is 17.5 Å². The quantitative estimate of drug-likeness (QED) is 0.894. The average molecular weight is 271 g/mol. The maximum Gasteiger partial charge on any atom is 0.411 e. The van der Waals surface area contributed by atoms with Crippen LogP contribution in [0, 0.1) is 0 Å². The Kier molecular flexibility index (Phi) is 4.55. The van der Waals surface area contributed by atoms with Crippen molar-refractivity contribution in [3.63, 3.8) is 0 Å². The molecule has 0 saturated carbocycles. The maximum atomic E-state index is 11.2. The van der Waals surface area contributed by atoms with E-state index in [4.69, 9.17) is 0 Å². The van der Waals surface area contributed by atoms with Gasteiger partial charge in [0.2, 0.25) is 0 Å². The summed E-state index contributed by atoms with van der Waals surface area (Å²) in [7, 11) is 1.33. The molecule has 1 aromatic heterocycles. The number of carbonyl (C=O) groups is 1. The van der Waals surface area contributed by atoms with E-state index >= 15 is 0 Å². The smallest absolute Gasteiger partial charge is 0.411 e. The third kappa shape index (κ3) is 3.71. The summed E-state index contributed by atoms with van der Waals surface area (Å²) in [5.74, 6) is 0. The Labute approximate surface area is 118 Å². The summed E-state index contributed by atoms with van der Waals surface area (Å²) in [6, 6.07) is 13.3. The Morgan fingerprint density at radius 1 is 1.20 bits per heavy atom. The van der Waals surface area contributed by atoms with Gasteiger partial charge in [-0.25, -0.2) is 4.79 Å². The summed E-state index contributed by atoms with van der Waals surface area (Å²) in [6.07, 6.45) is 1.28. The topological polar surface area (TPSA) is 63.2 Å². The molecule has 0 radical (unpaired) electrons. The molecule has 2 N–H and O–H groups in total. The molecule has 1 amide bonds. The largest absolute Gasteiger partial charge is 0.453 e. The minimum absolute atomic E-state index is 0.0737. The molecule has 2 aromatic rings. The molecule has 1 atom stereocenters. The molecule has 0 bridgehead atoms. The van der Waals surface area contributed by atoms with E-state index in [0.717, 1.165) is 11.4 Å². The second kappa shape index (κ2) is 6.56. The molecule has 5 heteroatoms. The standard InChI is InChI=1S/C15H17N3O2/c1-11(14-8-3-4-9-16-14)17-12-6-5-7-13(10-12)18-15(19)20-2/h3-11,17H,1-2H3,(H,18,19). The highest BCUT2D eigenvalue weighted by Gasteiger charge is 2.07. The van der Waals surface area contributed by atoms with Gasteiger partial charge in [0.05, 0.1) is 18.8 Å². The summed E-state index contributed by atoms with van der Waals surface area (Å²) in [5, 5.41) is 5.96. The Balaban J connectivity index is 2.06. The number of rotatable bonds is 4. The first-order valence-electron chi connectivity index (χ1n) is 6.31. The second-order valence-electron chi connectivity index (χ2n) is 4.32. The third-order valence-electron chi connectivity index (χ3n) is 2.81. The second-order valence-corrected chi connectivity index (χ2v) is 4.32. The fraction of sp³-hybridized carbons (Fsp3) is 0.200. The summed E-state index contributed by atoms with van der Waals surface area (Å²) in [4.78, 5) is 15.5. The van der Waals surface area contributed by atoms with E-state index in [-0.39, 0.29) is 6.04 Å². The van der Waals surface area contributed by atoms with E-state index in [9.17, 15) is 4.79 Å². The first kappa shape index (κ1) is 13.9. The lowest BCUT2D eigenvalue weighted by Gasteiger charge is -2.15. The zero-order valence-electron chi connectivity index (χ0n) is 11.5. The molecule has 1 heterocycles. The fourth-order valence-electron chi connectivity index (χ4n) is 1.81. The van der Waals surface area contributed by atoms with Gasteiger partial charge in [-0.2, -0.15) is 0 Å². The number of carbonyl (C=O) groups excluding carboxylic acids is 1. The highest BCUT2D eigenvalue weighted by Crippen LogP contribution is 2.20. The molecule has 0 aliphatic rings. The van der Waals surface area contributed by atoms with E-state index in [2.05, 4.69) is 20.4 Å². The van der Waals surface area contributed by atoms with Crippen LogP contribution >= 0.6 is 0 Å². The summed E-state index contributed by atoms with van der Waals surface area (Å²) in [5.41, 5.74) is 2.53. The van der Waals surface area contributed by atoms with Crippen LogP contribution in [0.15, 0.2) is 48.7 Å². The van der Waals surface area contributed by atoms with E-state index in [1.165, 1.54) is 7.11 Å². The Bertz CT molecular complexity index is 572. The van der Waals surface area contributed by atoms with Crippen LogP contribution in [-0.2, 0) is 4.74 Å². The Hall–Kier alpha value is -2.56. The molecule has 0 saturated heterocycles. The number of aromatic nitrogens is 1. The molecular weight excluding hydrogens is 254 g/mol. The van der Waals surface area contributed by atoms with E-state index in [1.54, 1.807) is 12.3 Å². The van der Waals surface area contributed by atoms with Gasteiger partial charge in [-0.05, 0) is 37.3 Å². The van der Waals surface area contributed by atoms with Crippen LogP contribution in [-0.4, -0.2) is 18.2 Å². The number of nitrogens with one attached hydrogen (secondary N) is 2. The number of amides is 1. The van der Waals surface area contributed by atoms with Crippen molar-refractivity contribution in [1.29, 1.82) is 0 Å². The number of ether oxygens (including phenoxy) is 1. The number of hydrogen-bond acceptors (Lipinski definition) is 4. The number of nitrogens with zero attached hydrogens (tertiary/aromatic N) is 1. The number of pyridine rings is 1. The molecule has 0 aliphatic carbocycles. The van der Waals surface area contributed by atoms with Gasteiger partial charge in [-0.15, -0.1) is 0 Å². The van der Waals surface area contributed by atoms with Crippen LogP contribution in [0.25, 0.3) is 0 Å². The molecule has 20 heavy (non-hydrogen) atoms. The molecule has 1 unspecified atom stereocenters. The zero-order chi connectivity index (χ0) is 14.4. The Morgan fingerprint density at radius 2 is 2.00 bits per heavy atom. The van der Waals surface area contributed by atoms with Gasteiger partial charge >= 0.3 is 6.09 Å². The van der Waals surface area contributed by atoms with Crippen LogP contribution in [0.1, 0.15) is 18.7 Å². The first-order chi connectivity index (χ1) is 9.69. The summed E-state index contributed by atoms with van der Waals surface area (Å²) < 4.78 is 4.56. The fourth-order valence-corrected chi connectivity index (χ4v) is 1.81. The van der Waals surface area contributed by atoms with Gasteiger partial charge in [-0.1, -0.05) is 12.1 Å². The van der Waals surface area contributed by atoms with Crippen LogP contribution < -0.4 is 10.6 Å². The van der Waals surface area contributed by atoms with Gasteiger partial charge in [0.1, 0.15) is 0 Å². The van der Waals surface area contributed by atoms with Gasteiger partial charge in [0.25, 0.3) is 0 Å². The van der Waals surface area contributed by atoms with Gasteiger partial charge in [0, 0.05) is 17.6 Å². The van der Waals surface area contributed by atoms with Crippen molar-refractivity contribution in [3.05, 3.63) is 54.4 Å². The van der Waals surface area contributed by atoms with Crippen LogP contribution in [0.3, 0.4) is 0 Å². The van der Waals surface area contributed by atoms with Crippen molar-refractivity contribution in [1.82, 2.24) is 4.98 Å². The number of hydrogen-bond donors (Lipinski definition) is 2. The number of anilines is 2. The number of methoxy groups -OCH3 is 1. The summed E-state index contributed by atoms with van der Waals surface area (Å²) in [6.45, 7) is 2.03. The molecule has 2 rings (SSSR count). The minimum Gasteiger partial charge on any atom is -0.453 e. The van der Waals surface area contributed by atoms with Crippen LogP contribution in [0.5, 0.6) is 0 Å². The number of benzene rings is 1. The lowest BCUT2D eigenvalue weighted by molar-refractivity contribution is 0.187. The molecule has 1 aromatic carbocycles. The monoisotopic (exact) mass is 271 g/mol. The molecule has 0 aliphatic heterocycles. The predicted octanol–water partition coefficient (Wildman–Crippen LogP) is 3.43. The molecule has 0 spiro atoms. The Morgan fingerprint density at radius 3 is 2.70 bits per heavy atom. The van der Waals surface area contributed by atoms with Crippen LogP contribution in [0.2, 0.25) is 0 Å². The molecule has 5 nitrogen and oxygen atoms in total. The van der Waals surface area contributed by atoms with Gasteiger partial charge < -0.3 is 10.1 Å². The third-order valence-corrected chi connectivity index (χ3v) is 2.81. The highest BCUT2D eigenvalue weighted by atomic mass is 16.5.